The van der Waals surface area contributed by atoms with Crippen LogP contribution in [0.1, 0.15) is 11.3 Å². The summed E-state index contributed by atoms with van der Waals surface area (Å²) in [5.41, 5.74) is 4.29. The second kappa shape index (κ2) is 5.80. The molecule has 2 heteroatoms. The fraction of sp³-hybridized carbons (Fsp3) is 0.105. The van der Waals surface area contributed by atoms with E-state index in [0.29, 0.717) is 0 Å². The highest BCUT2D eigenvalue weighted by Crippen LogP contribution is 2.21. The summed E-state index contributed by atoms with van der Waals surface area (Å²) in [6.07, 6.45) is 2.16. The van der Waals surface area contributed by atoms with Gasteiger partial charge in [-0.15, -0.1) is 0 Å². The fourth-order valence-corrected chi connectivity index (χ4v) is 2.35. The zero-order valence-corrected chi connectivity index (χ0v) is 12.3. The average Bonchev–Trinajstić information content (AvgIpc) is 2.53. The Morgan fingerprint density at radius 2 is 1.57 bits per heavy atom. The maximum Gasteiger partial charge on any atom is 0.0870 e. The molecule has 0 bridgehead atoms. The molecule has 0 N–H and O–H groups in total. The smallest absolute Gasteiger partial charge is 0.0870 e. The van der Waals surface area contributed by atoms with Crippen molar-refractivity contribution in [2.45, 2.75) is 0 Å². The van der Waals surface area contributed by atoms with Crippen LogP contribution in [0.5, 0.6) is 0 Å². The van der Waals surface area contributed by atoms with Gasteiger partial charge in [-0.25, -0.2) is 4.98 Å². The Morgan fingerprint density at radius 1 is 0.857 bits per heavy atom. The van der Waals surface area contributed by atoms with Crippen molar-refractivity contribution in [3.05, 3.63) is 78.0 Å². The van der Waals surface area contributed by atoms with E-state index in [4.69, 9.17) is 4.98 Å². The fourth-order valence-electron chi connectivity index (χ4n) is 2.35. The van der Waals surface area contributed by atoms with Crippen LogP contribution in [0.25, 0.3) is 22.7 Å². The van der Waals surface area contributed by atoms with Crippen LogP contribution in [0, 0.1) is 0 Å². The van der Waals surface area contributed by atoms with Gasteiger partial charge in [0, 0.05) is 19.5 Å². The molecule has 0 fully saturated rings. The topological polar surface area (TPSA) is 16.1 Å². The molecule has 0 amide bonds. The van der Waals surface area contributed by atoms with Crippen LogP contribution >= 0.6 is 0 Å². The van der Waals surface area contributed by atoms with Crippen LogP contribution < -0.4 is 0 Å². The lowest BCUT2D eigenvalue weighted by molar-refractivity contribution is 0.592. The van der Waals surface area contributed by atoms with E-state index in [1.165, 1.54) is 10.9 Å². The van der Waals surface area contributed by atoms with Crippen molar-refractivity contribution in [3.63, 3.8) is 0 Å². The molecular formula is C19H18N2. The van der Waals surface area contributed by atoms with E-state index in [0.717, 1.165) is 16.9 Å². The van der Waals surface area contributed by atoms with E-state index in [9.17, 15) is 0 Å². The highest BCUT2D eigenvalue weighted by atomic mass is 15.1. The quantitative estimate of drug-likeness (QED) is 0.708. The standard InChI is InChI=1S/C19H18N2/c1-21(2)19(14-15-8-4-3-5-9-15)18-13-12-16-10-6-7-11-17(16)20-18/h3-14H,1-2H3/b19-14+. The van der Waals surface area contributed by atoms with Crippen LogP contribution in [0.3, 0.4) is 0 Å². The highest BCUT2D eigenvalue weighted by Gasteiger charge is 2.07. The van der Waals surface area contributed by atoms with Gasteiger partial charge in [0.05, 0.1) is 16.9 Å². The molecule has 0 aliphatic rings. The lowest BCUT2D eigenvalue weighted by atomic mass is 10.1. The first kappa shape index (κ1) is 13.4. The molecule has 0 aliphatic carbocycles. The van der Waals surface area contributed by atoms with Gasteiger partial charge in [-0.1, -0.05) is 54.6 Å². The van der Waals surface area contributed by atoms with Crippen LogP contribution in [0.4, 0.5) is 0 Å². The number of benzene rings is 2. The number of rotatable bonds is 3. The van der Waals surface area contributed by atoms with Gasteiger partial charge >= 0.3 is 0 Å². The van der Waals surface area contributed by atoms with E-state index in [1.54, 1.807) is 0 Å². The predicted molar refractivity (Wildman–Crippen MR) is 89.7 cm³/mol. The second-order valence-corrected chi connectivity index (χ2v) is 5.22. The maximum absolute atomic E-state index is 4.78. The van der Waals surface area contributed by atoms with Gasteiger partial charge < -0.3 is 4.90 Å². The summed E-state index contributed by atoms with van der Waals surface area (Å²) in [4.78, 5) is 6.88. The minimum atomic E-state index is 0.988. The molecule has 2 nitrogen and oxygen atoms in total. The largest absolute Gasteiger partial charge is 0.376 e. The molecule has 1 aromatic heterocycles. The number of para-hydroxylation sites is 1. The number of nitrogens with zero attached hydrogens (tertiary/aromatic N) is 2. The second-order valence-electron chi connectivity index (χ2n) is 5.22. The summed E-state index contributed by atoms with van der Waals surface area (Å²) < 4.78 is 0. The lowest BCUT2D eigenvalue weighted by Gasteiger charge is -2.17. The number of fused-ring (bicyclic) bond motifs is 1. The third kappa shape index (κ3) is 2.95. The summed E-state index contributed by atoms with van der Waals surface area (Å²) in [5, 5.41) is 1.17. The number of hydrogen-bond acceptors (Lipinski definition) is 2. The van der Waals surface area contributed by atoms with Crippen molar-refractivity contribution < 1.29 is 0 Å². The molecular weight excluding hydrogens is 256 g/mol. The van der Waals surface area contributed by atoms with E-state index in [2.05, 4.69) is 47.4 Å². The van der Waals surface area contributed by atoms with Crippen LogP contribution in [0.2, 0.25) is 0 Å². The summed E-state index contributed by atoms with van der Waals surface area (Å²) in [7, 11) is 4.09. The molecule has 2 aromatic carbocycles. The first-order valence-corrected chi connectivity index (χ1v) is 7.04. The average molecular weight is 274 g/mol. The minimum Gasteiger partial charge on any atom is -0.376 e. The van der Waals surface area contributed by atoms with Crippen molar-refractivity contribution in [1.29, 1.82) is 0 Å². The van der Waals surface area contributed by atoms with Gasteiger partial charge in [-0.2, -0.15) is 0 Å². The molecule has 0 saturated heterocycles. The number of hydrogen-bond donors (Lipinski definition) is 0. The molecule has 104 valence electrons. The van der Waals surface area contributed by atoms with Gasteiger partial charge in [0.2, 0.25) is 0 Å². The predicted octanol–water partition coefficient (Wildman–Crippen LogP) is 4.29. The Labute approximate surface area is 125 Å². The lowest BCUT2D eigenvalue weighted by Crippen LogP contribution is -2.11. The SMILES string of the molecule is CN(C)/C(=C/c1ccccc1)c1ccc2ccccc2n1. The zero-order chi connectivity index (χ0) is 14.7. The van der Waals surface area contributed by atoms with Gasteiger partial charge in [-0.3, -0.25) is 0 Å². The molecule has 21 heavy (non-hydrogen) atoms. The Kier molecular flexibility index (Phi) is 3.69. The van der Waals surface area contributed by atoms with Crippen molar-refractivity contribution >= 4 is 22.7 Å². The summed E-state index contributed by atoms with van der Waals surface area (Å²) in [5.74, 6) is 0. The normalized spacial score (nSPS) is 11.6. The molecule has 0 saturated carbocycles. The first-order valence-electron chi connectivity index (χ1n) is 7.04. The summed E-state index contributed by atoms with van der Waals surface area (Å²) >= 11 is 0. The van der Waals surface area contributed by atoms with Gasteiger partial charge in [-0.05, 0) is 23.8 Å². The number of aromatic nitrogens is 1. The number of pyridine rings is 1. The highest BCUT2D eigenvalue weighted by molar-refractivity contribution is 5.84. The van der Waals surface area contributed by atoms with Crippen molar-refractivity contribution in [3.8, 4) is 0 Å². The zero-order valence-electron chi connectivity index (χ0n) is 12.3. The minimum absolute atomic E-state index is 0.988. The molecule has 0 spiro atoms. The summed E-state index contributed by atoms with van der Waals surface area (Å²) in [6, 6.07) is 22.7. The third-order valence-corrected chi connectivity index (χ3v) is 3.45. The molecule has 0 aliphatic heterocycles. The van der Waals surface area contributed by atoms with Crippen LogP contribution in [-0.2, 0) is 0 Å². The Morgan fingerprint density at radius 3 is 2.33 bits per heavy atom. The summed E-state index contributed by atoms with van der Waals surface area (Å²) in [6.45, 7) is 0. The Hall–Kier alpha value is -2.61. The van der Waals surface area contributed by atoms with E-state index in [-0.39, 0.29) is 0 Å². The van der Waals surface area contributed by atoms with Gasteiger partial charge in [0.25, 0.3) is 0 Å². The van der Waals surface area contributed by atoms with E-state index < -0.39 is 0 Å². The van der Waals surface area contributed by atoms with Crippen molar-refractivity contribution in [2.75, 3.05) is 14.1 Å². The van der Waals surface area contributed by atoms with Gasteiger partial charge in [0.15, 0.2) is 0 Å². The molecule has 0 atom stereocenters. The monoisotopic (exact) mass is 274 g/mol. The molecule has 0 radical (unpaired) electrons. The van der Waals surface area contributed by atoms with Gasteiger partial charge in [0.1, 0.15) is 0 Å². The van der Waals surface area contributed by atoms with Crippen LogP contribution in [0.15, 0.2) is 66.7 Å². The first-order chi connectivity index (χ1) is 10.2. The van der Waals surface area contributed by atoms with E-state index >= 15 is 0 Å². The molecule has 1 heterocycles. The maximum atomic E-state index is 4.78. The van der Waals surface area contributed by atoms with Crippen molar-refractivity contribution in [1.82, 2.24) is 9.88 Å². The molecule has 0 unspecified atom stereocenters. The molecule has 3 rings (SSSR count). The van der Waals surface area contributed by atoms with Crippen LogP contribution in [-0.4, -0.2) is 24.0 Å². The van der Waals surface area contributed by atoms with E-state index in [1.807, 2.05) is 44.4 Å². The Bertz CT molecular complexity index is 774. The molecule has 3 aromatic rings. The third-order valence-electron chi connectivity index (χ3n) is 3.45. The van der Waals surface area contributed by atoms with Crippen molar-refractivity contribution in [2.24, 2.45) is 0 Å². The Balaban J connectivity index is 2.09.